The third kappa shape index (κ3) is 4.92. The molecule has 0 bridgehead atoms. The molecule has 0 saturated heterocycles. The fourth-order valence-electron chi connectivity index (χ4n) is 3.59. The lowest BCUT2D eigenvalue weighted by Crippen LogP contribution is -2.19. The standard InChI is InChI=1S/C26H25N3O2S/c1-4-31-24-12-10-19-7-5-6-8-20(19)22(24)15-27-29-26(30)16-32-25-14-18(3)28-23-11-9-17(2)13-21(23)25/h5-15H,4,16H2,1-3H3,(H,29,30)/b27-15+. The van der Waals surface area contributed by atoms with Crippen molar-refractivity contribution < 1.29 is 9.53 Å². The molecule has 32 heavy (non-hydrogen) atoms. The van der Waals surface area contributed by atoms with Gasteiger partial charge in [-0.1, -0.05) is 42.0 Å². The summed E-state index contributed by atoms with van der Waals surface area (Å²) in [5.41, 5.74) is 6.54. The molecule has 6 heteroatoms. The minimum Gasteiger partial charge on any atom is -0.493 e. The maximum absolute atomic E-state index is 12.5. The molecule has 162 valence electrons. The van der Waals surface area contributed by atoms with Crippen molar-refractivity contribution in [1.82, 2.24) is 10.4 Å². The zero-order valence-electron chi connectivity index (χ0n) is 18.4. The molecule has 0 spiro atoms. The van der Waals surface area contributed by atoms with Crippen LogP contribution in [-0.4, -0.2) is 29.5 Å². The number of aryl methyl sites for hydroxylation is 2. The Morgan fingerprint density at radius 3 is 2.78 bits per heavy atom. The third-order valence-electron chi connectivity index (χ3n) is 5.03. The van der Waals surface area contributed by atoms with Crippen LogP contribution in [-0.2, 0) is 4.79 Å². The summed E-state index contributed by atoms with van der Waals surface area (Å²) in [6.45, 7) is 6.52. The predicted molar refractivity (Wildman–Crippen MR) is 133 cm³/mol. The van der Waals surface area contributed by atoms with Crippen LogP contribution in [0.25, 0.3) is 21.7 Å². The van der Waals surface area contributed by atoms with Gasteiger partial charge in [-0.3, -0.25) is 9.78 Å². The molecular weight excluding hydrogens is 418 g/mol. The fraction of sp³-hybridized carbons (Fsp3) is 0.192. The van der Waals surface area contributed by atoms with Crippen LogP contribution in [0, 0.1) is 13.8 Å². The summed E-state index contributed by atoms with van der Waals surface area (Å²) in [7, 11) is 0. The average Bonchev–Trinajstić information content (AvgIpc) is 2.79. The molecule has 0 atom stereocenters. The van der Waals surface area contributed by atoms with Gasteiger partial charge in [0.2, 0.25) is 5.91 Å². The number of pyridine rings is 1. The highest BCUT2D eigenvalue weighted by Gasteiger charge is 2.09. The number of amides is 1. The molecule has 0 saturated carbocycles. The van der Waals surface area contributed by atoms with Crippen molar-refractivity contribution in [2.24, 2.45) is 5.10 Å². The molecule has 0 aliphatic heterocycles. The van der Waals surface area contributed by atoms with Crippen LogP contribution >= 0.6 is 11.8 Å². The van der Waals surface area contributed by atoms with Gasteiger partial charge < -0.3 is 4.74 Å². The normalized spacial score (nSPS) is 11.3. The van der Waals surface area contributed by atoms with Gasteiger partial charge in [-0.2, -0.15) is 5.10 Å². The van der Waals surface area contributed by atoms with E-state index < -0.39 is 0 Å². The lowest BCUT2D eigenvalue weighted by atomic mass is 10.0. The van der Waals surface area contributed by atoms with E-state index in [4.69, 9.17) is 4.74 Å². The number of thioether (sulfide) groups is 1. The first-order chi connectivity index (χ1) is 15.5. The van der Waals surface area contributed by atoms with Gasteiger partial charge in [-0.25, -0.2) is 5.43 Å². The Morgan fingerprint density at radius 2 is 1.94 bits per heavy atom. The fourth-order valence-corrected chi connectivity index (χ4v) is 4.51. The van der Waals surface area contributed by atoms with E-state index in [-0.39, 0.29) is 11.7 Å². The van der Waals surface area contributed by atoms with Crippen molar-refractivity contribution >= 4 is 45.6 Å². The number of benzene rings is 3. The van der Waals surface area contributed by atoms with Crippen molar-refractivity contribution in [3.8, 4) is 5.75 Å². The van der Waals surface area contributed by atoms with E-state index in [9.17, 15) is 4.79 Å². The molecule has 0 radical (unpaired) electrons. The summed E-state index contributed by atoms with van der Waals surface area (Å²) in [6, 6.07) is 20.2. The Labute approximate surface area is 191 Å². The highest BCUT2D eigenvalue weighted by atomic mass is 32.2. The molecule has 3 aromatic carbocycles. The zero-order valence-corrected chi connectivity index (χ0v) is 19.2. The molecular formula is C26H25N3O2S. The van der Waals surface area contributed by atoms with Crippen LogP contribution in [0.3, 0.4) is 0 Å². The molecule has 1 heterocycles. The lowest BCUT2D eigenvalue weighted by Gasteiger charge is -2.10. The van der Waals surface area contributed by atoms with Gasteiger partial charge in [0.25, 0.3) is 0 Å². The van der Waals surface area contributed by atoms with Gasteiger partial charge in [0, 0.05) is 21.5 Å². The van der Waals surface area contributed by atoms with Crippen LogP contribution in [0.1, 0.15) is 23.7 Å². The van der Waals surface area contributed by atoms with Gasteiger partial charge in [-0.05, 0) is 55.8 Å². The number of fused-ring (bicyclic) bond motifs is 2. The van der Waals surface area contributed by atoms with Crippen molar-refractivity contribution in [1.29, 1.82) is 0 Å². The number of hydrazone groups is 1. The number of carbonyl (C=O) groups excluding carboxylic acids is 1. The first kappa shape index (κ1) is 21.8. The summed E-state index contributed by atoms with van der Waals surface area (Å²) < 4.78 is 5.76. The van der Waals surface area contributed by atoms with E-state index in [2.05, 4.69) is 34.6 Å². The van der Waals surface area contributed by atoms with E-state index in [0.717, 1.165) is 43.6 Å². The first-order valence-corrected chi connectivity index (χ1v) is 11.5. The van der Waals surface area contributed by atoms with E-state index in [1.807, 2.05) is 62.4 Å². The quantitative estimate of drug-likeness (QED) is 0.228. The van der Waals surface area contributed by atoms with E-state index in [1.54, 1.807) is 6.21 Å². The van der Waals surface area contributed by atoms with E-state index >= 15 is 0 Å². The first-order valence-electron chi connectivity index (χ1n) is 10.5. The number of rotatable bonds is 7. The maximum Gasteiger partial charge on any atom is 0.250 e. The minimum absolute atomic E-state index is 0.167. The minimum atomic E-state index is -0.167. The molecule has 0 aliphatic carbocycles. The largest absolute Gasteiger partial charge is 0.493 e. The van der Waals surface area contributed by atoms with Crippen molar-refractivity contribution in [3.63, 3.8) is 0 Å². The zero-order chi connectivity index (χ0) is 22.5. The number of carbonyl (C=O) groups is 1. The molecule has 1 N–H and O–H groups in total. The maximum atomic E-state index is 12.5. The monoisotopic (exact) mass is 443 g/mol. The van der Waals surface area contributed by atoms with Crippen molar-refractivity contribution in [2.75, 3.05) is 12.4 Å². The average molecular weight is 444 g/mol. The number of ether oxygens (including phenoxy) is 1. The SMILES string of the molecule is CCOc1ccc2ccccc2c1/C=N/NC(=O)CSc1cc(C)nc2ccc(C)cc12. The number of hydrogen-bond acceptors (Lipinski definition) is 5. The number of nitrogens with one attached hydrogen (secondary N) is 1. The van der Waals surface area contributed by atoms with Crippen LogP contribution in [0.15, 0.2) is 70.7 Å². The highest BCUT2D eigenvalue weighted by molar-refractivity contribution is 8.00. The van der Waals surface area contributed by atoms with E-state index in [1.165, 1.54) is 17.3 Å². The molecule has 4 rings (SSSR count). The lowest BCUT2D eigenvalue weighted by molar-refractivity contribution is -0.118. The Kier molecular flexibility index (Phi) is 6.71. The Hall–Kier alpha value is -3.38. The smallest absolute Gasteiger partial charge is 0.250 e. The molecule has 0 unspecified atom stereocenters. The van der Waals surface area contributed by atoms with Crippen molar-refractivity contribution in [2.45, 2.75) is 25.7 Å². The number of aromatic nitrogens is 1. The highest BCUT2D eigenvalue weighted by Crippen LogP contribution is 2.29. The van der Waals surface area contributed by atoms with Crippen LogP contribution < -0.4 is 10.2 Å². The Bertz CT molecular complexity index is 1320. The van der Waals surface area contributed by atoms with Gasteiger partial charge in [0.1, 0.15) is 5.75 Å². The summed E-state index contributed by atoms with van der Waals surface area (Å²) >= 11 is 1.49. The summed E-state index contributed by atoms with van der Waals surface area (Å²) in [5, 5.41) is 7.39. The number of nitrogens with zero attached hydrogens (tertiary/aromatic N) is 2. The van der Waals surface area contributed by atoms with Gasteiger partial charge in [0.15, 0.2) is 0 Å². The van der Waals surface area contributed by atoms with Crippen molar-refractivity contribution in [3.05, 3.63) is 77.5 Å². The molecule has 0 aliphatic rings. The molecule has 1 amide bonds. The summed E-state index contributed by atoms with van der Waals surface area (Å²) in [5.74, 6) is 0.838. The molecule has 5 nitrogen and oxygen atoms in total. The molecule has 1 aromatic heterocycles. The van der Waals surface area contributed by atoms with Crippen LogP contribution in [0.2, 0.25) is 0 Å². The third-order valence-corrected chi connectivity index (χ3v) is 6.08. The topological polar surface area (TPSA) is 63.6 Å². The summed E-state index contributed by atoms with van der Waals surface area (Å²) in [4.78, 5) is 18.1. The van der Waals surface area contributed by atoms with E-state index in [0.29, 0.717) is 6.61 Å². The second-order valence-electron chi connectivity index (χ2n) is 7.50. The van der Waals surface area contributed by atoms with Gasteiger partial charge in [-0.15, -0.1) is 11.8 Å². The van der Waals surface area contributed by atoms with Gasteiger partial charge in [0.05, 0.1) is 24.1 Å². The Balaban J connectivity index is 1.48. The Morgan fingerprint density at radius 1 is 1.09 bits per heavy atom. The molecule has 0 fully saturated rings. The second-order valence-corrected chi connectivity index (χ2v) is 8.51. The summed E-state index contributed by atoms with van der Waals surface area (Å²) in [6.07, 6.45) is 1.66. The van der Waals surface area contributed by atoms with Gasteiger partial charge >= 0.3 is 0 Å². The van der Waals surface area contributed by atoms with Crippen LogP contribution in [0.5, 0.6) is 5.75 Å². The molecule has 4 aromatic rings. The number of hydrogen-bond donors (Lipinski definition) is 1. The predicted octanol–water partition coefficient (Wildman–Crippen LogP) is 5.65. The second kappa shape index (κ2) is 9.83. The van der Waals surface area contributed by atoms with Crippen LogP contribution in [0.4, 0.5) is 0 Å².